The molecule has 10 heteroatoms. The van der Waals surface area contributed by atoms with Crippen LogP contribution >= 0.6 is 0 Å². The van der Waals surface area contributed by atoms with E-state index in [9.17, 15) is 14.9 Å². The Hall–Kier alpha value is -3.61. The van der Waals surface area contributed by atoms with Gasteiger partial charge in [-0.1, -0.05) is 6.07 Å². The molecule has 0 radical (unpaired) electrons. The van der Waals surface area contributed by atoms with E-state index < -0.39 is 11.6 Å². The minimum Gasteiger partial charge on any atom is -0.461 e. The number of hydrogen-bond donors (Lipinski definition) is 1. The maximum absolute atomic E-state index is 12.3. The lowest BCUT2D eigenvalue weighted by Gasteiger charge is -2.37. The quantitative estimate of drug-likeness (QED) is 0.740. The highest BCUT2D eigenvalue weighted by molar-refractivity contribution is 5.94. The molecule has 164 valence electrons. The molecule has 1 aliphatic rings. The number of anilines is 1. The van der Waals surface area contributed by atoms with Crippen molar-refractivity contribution in [2.45, 2.75) is 33.3 Å². The predicted octanol–water partition coefficient (Wildman–Crippen LogP) is 2.58. The van der Waals surface area contributed by atoms with E-state index in [1.807, 2.05) is 26.8 Å². The minimum absolute atomic E-state index is 0.0736. The van der Waals surface area contributed by atoms with Crippen molar-refractivity contribution in [2.75, 3.05) is 37.7 Å². The average Bonchev–Trinajstić information content (AvgIpc) is 3.22. The lowest BCUT2D eigenvalue weighted by atomic mass is 10.0. The number of amides is 1. The Balaban J connectivity index is 1.76. The van der Waals surface area contributed by atoms with E-state index in [2.05, 4.69) is 26.4 Å². The van der Waals surface area contributed by atoms with E-state index in [1.54, 1.807) is 24.0 Å². The normalized spacial score (nSPS) is 14.2. The third kappa shape index (κ3) is 5.12. The molecule has 1 amide bonds. The number of rotatable bonds is 4. The first kappa shape index (κ1) is 22.1. The number of carbonyl (C=O) groups excluding carboxylic acids is 2. The van der Waals surface area contributed by atoms with Gasteiger partial charge < -0.3 is 19.3 Å². The topological polar surface area (TPSA) is 124 Å². The van der Waals surface area contributed by atoms with Gasteiger partial charge in [0.15, 0.2) is 5.69 Å². The van der Waals surface area contributed by atoms with Crippen molar-refractivity contribution in [2.24, 2.45) is 0 Å². The lowest BCUT2D eigenvalue weighted by molar-refractivity contribution is 0.0240. The van der Waals surface area contributed by atoms with Crippen molar-refractivity contribution in [1.82, 2.24) is 20.3 Å². The van der Waals surface area contributed by atoms with E-state index in [1.165, 1.54) is 0 Å². The fraction of sp³-hybridized carbons (Fsp3) is 0.476. The van der Waals surface area contributed by atoms with Gasteiger partial charge in [0.2, 0.25) is 0 Å². The summed E-state index contributed by atoms with van der Waals surface area (Å²) in [4.78, 5) is 28.1. The highest BCUT2D eigenvalue weighted by atomic mass is 16.6. The summed E-state index contributed by atoms with van der Waals surface area (Å²) >= 11 is 0. The number of ether oxygens (including phenoxy) is 2. The molecule has 0 aliphatic carbocycles. The van der Waals surface area contributed by atoms with E-state index >= 15 is 0 Å². The average molecular weight is 426 g/mol. The van der Waals surface area contributed by atoms with Crippen LogP contribution in [0.1, 0.15) is 43.7 Å². The van der Waals surface area contributed by atoms with Gasteiger partial charge in [-0.15, -0.1) is 5.10 Å². The van der Waals surface area contributed by atoms with Crippen molar-refractivity contribution in [1.29, 1.82) is 5.26 Å². The number of hydrogen-bond acceptors (Lipinski definition) is 8. The van der Waals surface area contributed by atoms with Gasteiger partial charge in [-0.25, -0.2) is 9.59 Å². The van der Waals surface area contributed by atoms with Crippen LogP contribution in [-0.2, 0) is 9.47 Å². The van der Waals surface area contributed by atoms with Gasteiger partial charge in [-0.05, 0) is 39.8 Å². The van der Waals surface area contributed by atoms with Crippen LogP contribution < -0.4 is 4.90 Å². The summed E-state index contributed by atoms with van der Waals surface area (Å²) in [6.07, 6.45) is -0.333. The summed E-state index contributed by atoms with van der Waals surface area (Å²) in [5.74, 6) is -0.577. The number of aromatic nitrogens is 3. The second-order valence-electron chi connectivity index (χ2n) is 8.04. The first-order valence-electron chi connectivity index (χ1n) is 10.1. The number of nitriles is 1. The van der Waals surface area contributed by atoms with Crippen LogP contribution in [0.5, 0.6) is 0 Å². The van der Waals surface area contributed by atoms with Crippen molar-refractivity contribution in [3.8, 4) is 17.3 Å². The number of piperazine rings is 1. The summed E-state index contributed by atoms with van der Waals surface area (Å²) in [7, 11) is 0. The second-order valence-corrected chi connectivity index (χ2v) is 8.04. The molecule has 3 rings (SSSR count). The number of carbonyl (C=O) groups is 2. The van der Waals surface area contributed by atoms with Crippen LogP contribution in [0.2, 0.25) is 0 Å². The standard InChI is InChI=1S/C21H26N6O4/c1-5-30-19(28)18-17(23-25-24-18)14-6-7-16(15(12-14)13-22)26-8-10-27(11-9-26)20(29)31-21(2,3)4/h6-7,12H,5,8-11H2,1-4H3,(H,23,24,25). The van der Waals surface area contributed by atoms with Crippen molar-refractivity contribution in [3.63, 3.8) is 0 Å². The van der Waals surface area contributed by atoms with Crippen molar-refractivity contribution >= 4 is 17.7 Å². The molecule has 31 heavy (non-hydrogen) atoms. The molecule has 0 atom stereocenters. The number of esters is 1. The highest BCUT2D eigenvalue weighted by Gasteiger charge is 2.27. The maximum Gasteiger partial charge on any atom is 0.410 e. The van der Waals surface area contributed by atoms with Crippen LogP contribution in [0, 0.1) is 11.3 Å². The van der Waals surface area contributed by atoms with Gasteiger partial charge in [-0.2, -0.15) is 15.6 Å². The molecular weight excluding hydrogens is 400 g/mol. The van der Waals surface area contributed by atoms with Crippen LogP contribution in [0.3, 0.4) is 0 Å². The van der Waals surface area contributed by atoms with E-state index in [0.717, 1.165) is 5.69 Å². The Morgan fingerprint density at radius 1 is 1.19 bits per heavy atom. The van der Waals surface area contributed by atoms with Gasteiger partial charge in [0.05, 0.1) is 17.9 Å². The van der Waals surface area contributed by atoms with Crippen LogP contribution in [0.4, 0.5) is 10.5 Å². The Morgan fingerprint density at radius 2 is 1.90 bits per heavy atom. The third-order valence-corrected chi connectivity index (χ3v) is 4.68. The molecule has 10 nitrogen and oxygen atoms in total. The predicted molar refractivity (Wildman–Crippen MR) is 113 cm³/mol. The summed E-state index contributed by atoms with van der Waals surface area (Å²) < 4.78 is 10.4. The first-order chi connectivity index (χ1) is 14.7. The number of H-pyrrole nitrogens is 1. The first-order valence-corrected chi connectivity index (χ1v) is 10.1. The number of aromatic amines is 1. The Kier molecular flexibility index (Phi) is 6.44. The molecule has 1 aliphatic heterocycles. The molecular formula is C21H26N6O4. The Morgan fingerprint density at radius 3 is 2.52 bits per heavy atom. The molecule has 0 spiro atoms. The molecule has 1 aromatic carbocycles. The molecule has 1 saturated heterocycles. The molecule has 2 aromatic rings. The molecule has 0 bridgehead atoms. The molecule has 2 heterocycles. The molecule has 1 N–H and O–H groups in total. The fourth-order valence-corrected chi connectivity index (χ4v) is 3.28. The lowest BCUT2D eigenvalue weighted by Crippen LogP contribution is -2.50. The number of nitrogens with zero attached hydrogens (tertiary/aromatic N) is 5. The van der Waals surface area contributed by atoms with Crippen LogP contribution in [-0.4, -0.2) is 70.8 Å². The zero-order chi connectivity index (χ0) is 22.6. The minimum atomic E-state index is -0.577. The monoisotopic (exact) mass is 426 g/mol. The third-order valence-electron chi connectivity index (χ3n) is 4.68. The van der Waals surface area contributed by atoms with E-state index in [4.69, 9.17) is 9.47 Å². The zero-order valence-corrected chi connectivity index (χ0v) is 18.1. The van der Waals surface area contributed by atoms with Gasteiger partial charge in [0.1, 0.15) is 17.4 Å². The van der Waals surface area contributed by atoms with Gasteiger partial charge in [0.25, 0.3) is 0 Å². The molecule has 1 aromatic heterocycles. The van der Waals surface area contributed by atoms with Gasteiger partial charge in [0, 0.05) is 31.7 Å². The maximum atomic E-state index is 12.3. The molecule has 0 unspecified atom stereocenters. The largest absolute Gasteiger partial charge is 0.461 e. The Bertz CT molecular complexity index is 996. The smallest absolute Gasteiger partial charge is 0.410 e. The van der Waals surface area contributed by atoms with Gasteiger partial charge in [-0.3, -0.25) is 0 Å². The number of benzene rings is 1. The van der Waals surface area contributed by atoms with Crippen LogP contribution in [0.25, 0.3) is 11.3 Å². The second kappa shape index (κ2) is 9.04. The van der Waals surface area contributed by atoms with Crippen molar-refractivity contribution < 1.29 is 19.1 Å². The van der Waals surface area contributed by atoms with Gasteiger partial charge >= 0.3 is 12.1 Å². The van der Waals surface area contributed by atoms with E-state index in [0.29, 0.717) is 43.0 Å². The summed E-state index contributed by atoms with van der Waals surface area (Å²) in [6, 6.07) is 7.50. The van der Waals surface area contributed by atoms with Crippen molar-refractivity contribution in [3.05, 3.63) is 29.5 Å². The molecule has 0 saturated carbocycles. The van der Waals surface area contributed by atoms with Crippen LogP contribution in [0.15, 0.2) is 18.2 Å². The zero-order valence-electron chi connectivity index (χ0n) is 18.1. The summed E-state index contributed by atoms with van der Waals surface area (Å²) in [6.45, 7) is 9.59. The Labute approximate surface area is 180 Å². The fourth-order valence-electron chi connectivity index (χ4n) is 3.28. The van der Waals surface area contributed by atoms with E-state index in [-0.39, 0.29) is 18.4 Å². The summed E-state index contributed by atoms with van der Waals surface area (Å²) in [5, 5.41) is 20.1. The molecule has 1 fully saturated rings. The SMILES string of the molecule is CCOC(=O)c1n[nH]nc1-c1ccc(N2CCN(C(=O)OC(C)(C)C)CC2)c(C#N)c1. The summed E-state index contributed by atoms with van der Waals surface area (Å²) in [5.41, 5.74) is 1.66. The number of nitrogens with one attached hydrogen (secondary N) is 1. The highest BCUT2D eigenvalue weighted by Crippen LogP contribution is 2.28.